The molecular weight excluding hydrogens is 304 g/mol. The molecule has 2 N–H and O–H groups in total. The summed E-state index contributed by atoms with van der Waals surface area (Å²) in [5, 5.41) is 11.9. The topological polar surface area (TPSA) is 66.4 Å². The second-order valence-corrected chi connectivity index (χ2v) is 5.34. The van der Waals surface area contributed by atoms with Crippen molar-refractivity contribution in [3.8, 4) is 0 Å². The lowest BCUT2D eigenvalue weighted by Crippen LogP contribution is -2.44. The third-order valence-electron chi connectivity index (χ3n) is 3.61. The van der Waals surface area contributed by atoms with E-state index < -0.39 is 28.9 Å². The number of carbonyl (C=O) groups is 2. The minimum absolute atomic E-state index is 0.205. The van der Waals surface area contributed by atoms with Crippen molar-refractivity contribution in [1.82, 2.24) is 5.32 Å². The summed E-state index contributed by atoms with van der Waals surface area (Å²) >= 11 is 0. The highest BCUT2D eigenvalue weighted by atomic mass is 19.1. The Morgan fingerprint density at radius 2 is 1.65 bits per heavy atom. The van der Waals surface area contributed by atoms with Crippen LogP contribution in [0.5, 0.6) is 0 Å². The summed E-state index contributed by atoms with van der Waals surface area (Å²) in [5.74, 6) is -3.61. The van der Waals surface area contributed by atoms with Gasteiger partial charge in [-0.3, -0.25) is 9.59 Å². The highest BCUT2D eigenvalue weighted by Crippen LogP contribution is 2.23. The first kappa shape index (κ1) is 16.6. The van der Waals surface area contributed by atoms with Crippen molar-refractivity contribution in [2.45, 2.75) is 12.3 Å². The summed E-state index contributed by atoms with van der Waals surface area (Å²) in [6.45, 7) is 1.25. The van der Waals surface area contributed by atoms with Gasteiger partial charge in [-0.25, -0.2) is 8.78 Å². The number of halogens is 2. The predicted molar refractivity (Wildman–Crippen MR) is 80.1 cm³/mol. The minimum atomic E-state index is -1.36. The second kappa shape index (κ2) is 6.56. The van der Waals surface area contributed by atoms with Gasteiger partial charge in [-0.15, -0.1) is 0 Å². The first-order valence-corrected chi connectivity index (χ1v) is 6.86. The molecule has 0 aliphatic heterocycles. The molecule has 0 aromatic heterocycles. The molecule has 0 spiro atoms. The van der Waals surface area contributed by atoms with Crippen molar-refractivity contribution in [3.05, 3.63) is 71.3 Å². The average Bonchev–Trinajstić information content (AvgIpc) is 2.52. The number of hydrogen-bond acceptors (Lipinski definition) is 2. The Kier molecular flexibility index (Phi) is 4.74. The third kappa shape index (κ3) is 3.71. The van der Waals surface area contributed by atoms with Crippen molar-refractivity contribution in [3.63, 3.8) is 0 Å². The van der Waals surface area contributed by atoms with E-state index in [2.05, 4.69) is 5.32 Å². The Hall–Kier alpha value is -2.76. The van der Waals surface area contributed by atoms with E-state index in [4.69, 9.17) is 0 Å². The first-order valence-electron chi connectivity index (χ1n) is 6.86. The van der Waals surface area contributed by atoms with Gasteiger partial charge in [-0.1, -0.05) is 30.3 Å². The van der Waals surface area contributed by atoms with Crippen LogP contribution in [0, 0.1) is 11.6 Å². The van der Waals surface area contributed by atoms with Crippen molar-refractivity contribution in [2.75, 3.05) is 6.54 Å². The van der Waals surface area contributed by atoms with Crippen molar-refractivity contribution in [2.24, 2.45) is 0 Å². The molecule has 120 valence electrons. The van der Waals surface area contributed by atoms with E-state index in [0.29, 0.717) is 11.6 Å². The van der Waals surface area contributed by atoms with Gasteiger partial charge in [0.05, 0.1) is 0 Å². The summed E-state index contributed by atoms with van der Waals surface area (Å²) in [5.41, 5.74) is -1.05. The van der Waals surface area contributed by atoms with Crippen LogP contribution < -0.4 is 5.32 Å². The van der Waals surface area contributed by atoms with Crippen LogP contribution in [0.25, 0.3) is 0 Å². The largest absolute Gasteiger partial charge is 0.481 e. The van der Waals surface area contributed by atoms with Crippen LogP contribution in [0.1, 0.15) is 22.8 Å². The lowest BCUT2D eigenvalue weighted by Gasteiger charge is -2.25. The maximum atomic E-state index is 13.1. The van der Waals surface area contributed by atoms with E-state index >= 15 is 0 Å². The van der Waals surface area contributed by atoms with Crippen molar-refractivity contribution >= 4 is 11.9 Å². The highest BCUT2D eigenvalue weighted by molar-refractivity contribution is 5.94. The van der Waals surface area contributed by atoms with E-state index in [-0.39, 0.29) is 12.1 Å². The quantitative estimate of drug-likeness (QED) is 0.890. The van der Waals surface area contributed by atoms with Gasteiger partial charge in [-0.05, 0) is 24.6 Å². The second-order valence-electron chi connectivity index (χ2n) is 5.34. The number of carboxylic acid groups (broad SMARTS) is 1. The highest BCUT2D eigenvalue weighted by Gasteiger charge is 2.35. The molecule has 1 atom stereocenters. The van der Waals surface area contributed by atoms with Gasteiger partial charge in [0.2, 0.25) is 0 Å². The van der Waals surface area contributed by atoms with Crippen LogP contribution in [0.15, 0.2) is 48.5 Å². The van der Waals surface area contributed by atoms with Crippen LogP contribution in [-0.2, 0) is 10.2 Å². The molecule has 1 amide bonds. The van der Waals surface area contributed by atoms with Crippen molar-refractivity contribution < 1.29 is 23.5 Å². The molecule has 0 aliphatic rings. The number of carboxylic acids is 1. The smallest absolute Gasteiger partial charge is 0.315 e. The maximum absolute atomic E-state index is 13.1. The zero-order chi connectivity index (χ0) is 17.0. The van der Waals surface area contributed by atoms with Crippen LogP contribution in [0.2, 0.25) is 0 Å². The number of aliphatic carboxylic acids is 1. The van der Waals surface area contributed by atoms with E-state index in [9.17, 15) is 23.5 Å². The zero-order valence-corrected chi connectivity index (χ0v) is 12.3. The maximum Gasteiger partial charge on any atom is 0.315 e. The molecular formula is C17H15F2NO3. The molecule has 2 rings (SSSR count). The number of rotatable bonds is 5. The van der Waals surface area contributed by atoms with Crippen LogP contribution in [0.3, 0.4) is 0 Å². The van der Waals surface area contributed by atoms with E-state index in [0.717, 1.165) is 12.1 Å². The summed E-state index contributed by atoms with van der Waals surface area (Å²) < 4.78 is 26.3. The molecule has 0 heterocycles. The number of hydrogen-bond donors (Lipinski definition) is 2. The molecule has 2 aromatic rings. The molecule has 1 unspecified atom stereocenters. The zero-order valence-electron chi connectivity index (χ0n) is 12.3. The van der Waals surface area contributed by atoms with Gasteiger partial charge in [0, 0.05) is 18.2 Å². The fourth-order valence-corrected chi connectivity index (χ4v) is 2.15. The molecule has 0 bridgehead atoms. The van der Waals surface area contributed by atoms with Crippen LogP contribution in [0.4, 0.5) is 8.78 Å². The van der Waals surface area contributed by atoms with E-state index in [1.807, 2.05) is 0 Å². The number of amides is 1. The number of nitrogens with one attached hydrogen (secondary N) is 1. The van der Waals surface area contributed by atoms with Gasteiger partial charge in [0.1, 0.15) is 17.0 Å². The minimum Gasteiger partial charge on any atom is -0.481 e. The Bertz CT molecular complexity index is 714. The fraction of sp³-hybridized carbons (Fsp3) is 0.176. The van der Waals surface area contributed by atoms with Gasteiger partial charge in [-0.2, -0.15) is 0 Å². The van der Waals surface area contributed by atoms with Gasteiger partial charge >= 0.3 is 5.97 Å². The number of benzene rings is 2. The monoisotopic (exact) mass is 319 g/mol. The SMILES string of the molecule is CC(CNC(=O)c1cc(F)cc(F)c1)(C(=O)O)c1ccccc1. The van der Waals surface area contributed by atoms with Crippen molar-refractivity contribution in [1.29, 1.82) is 0 Å². The van der Waals surface area contributed by atoms with Gasteiger partial charge < -0.3 is 10.4 Å². The van der Waals surface area contributed by atoms with E-state index in [1.165, 1.54) is 6.92 Å². The Morgan fingerprint density at radius 3 is 2.17 bits per heavy atom. The molecule has 0 fully saturated rings. The fourth-order valence-electron chi connectivity index (χ4n) is 2.15. The Labute approximate surface area is 131 Å². The third-order valence-corrected chi connectivity index (χ3v) is 3.61. The first-order chi connectivity index (χ1) is 10.8. The normalized spacial score (nSPS) is 13.2. The standard InChI is InChI=1S/C17H15F2NO3/c1-17(16(22)23,12-5-3-2-4-6-12)10-20-15(21)11-7-13(18)9-14(19)8-11/h2-9H,10H2,1H3,(H,20,21)(H,22,23). The van der Waals surface area contributed by atoms with E-state index in [1.54, 1.807) is 30.3 Å². The molecule has 2 aromatic carbocycles. The molecule has 23 heavy (non-hydrogen) atoms. The lowest BCUT2D eigenvalue weighted by molar-refractivity contribution is -0.142. The lowest BCUT2D eigenvalue weighted by atomic mass is 9.82. The molecule has 0 radical (unpaired) electrons. The van der Waals surface area contributed by atoms with Crippen LogP contribution >= 0.6 is 0 Å². The predicted octanol–water partition coefficient (Wildman–Crippen LogP) is 2.74. The summed E-state index contributed by atoms with van der Waals surface area (Å²) in [6.07, 6.45) is 0. The molecule has 0 saturated heterocycles. The summed E-state index contributed by atoms with van der Waals surface area (Å²) in [4.78, 5) is 23.6. The molecule has 0 aliphatic carbocycles. The summed E-state index contributed by atoms with van der Waals surface area (Å²) in [6, 6.07) is 10.9. The van der Waals surface area contributed by atoms with Gasteiger partial charge in [0.25, 0.3) is 5.91 Å². The number of carbonyl (C=O) groups excluding carboxylic acids is 1. The molecule has 4 nitrogen and oxygen atoms in total. The molecule has 6 heteroatoms. The average molecular weight is 319 g/mol. The Balaban J connectivity index is 2.19. The Morgan fingerprint density at radius 1 is 1.09 bits per heavy atom. The summed E-state index contributed by atoms with van der Waals surface area (Å²) in [7, 11) is 0. The van der Waals surface area contributed by atoms with Gasteiger partial charge in [0.15, 0.2) is 0 Å². The van der Waals surface area contributed by atoms with Crippen LogP contribution in [-0.4, -0.2) is 23.5 Å². The molecule has 0 saturated carbocycles.